The van der Waals surface area contributed by atoms with Crippen LogP contribution in [-0.2, 0) is 4.79 Å². The van der Waals surface area contributed by atoms with Crippen molar-refractivity contribution >= 4 is 23.5 Å². The fourth-order valence-electron chi connectivity index (χ4n) is 2.71. The van der Waals surface area contributed by atoms with Gasteiger partial charge in [0.2, 0.25) is 5.88 Å². The molecule has 0 saturated heterocycles. The number of carbonyl (C=O) groups is 2. The number of carbonyl (C=O) groups excluding carboxylic acids is 1. The molecule has 7 nitrogen and oxygen atoms in total. The first-order chi connectivity index (χ1) is 13.8. The van der Waals surface area contributed by atoms with Gasteiger partial charge in [0, 0.05) is 11.1 Å². The molecular weight excluding hydrogens is 408 g/mol. The molecule has 1 atom stereocenters. The number of halogens is 3. The number of amides is 1. The number of hydrogen-bond acceptors (Lipinski definition) is 4. The maximum Gasteiger partial charge on any atom is 0.305 e. The number of carboxylic acid groups (broad SMARTS) is 1. The topological polar surface area (TPSA) is 104 Å². The molecule has 0 saturated carbocycles. The Bertz CT molecular complexity index is 1090. The summed E-state index contributed by atoms with van der Waals surface area (Å²) in [5.41, 5.74) is -0.312. The van der Waals surface area contributed by atoms with Crippen molar-refractivity contribution in [3.8, 4) is 11.6 Å². The first-order valence-corrected chi connectivity index (χ1v) is 8.65. The lowest BCUT2D eigenvalue weighted by atomic mass is 10.0. The summed E-state index contributed by atoms with van der Waals surface area (Å²) in [6, 6.07) is 8.67. The Morgan fingerprint density at radius 2 is 1.90 bits per heavy atom. The van der Waals surface area contributed by atoms with E-state index in [4.69, 9.17) is 16.7 Å². The van der Waals surface area contributed by atoms with Gasteiger partial charge in [0.25, 0.3) is 5.91 Å². The SMILES string of the molecule is O=C(O)CC(NC(=O)c1cc(O)n(-c2ccccc2F)n1)c1cc(F)ccc1Cl. The van der Waals surface area contributed by atoms with Crippen LogP contribution in [-0.4, -0.2) is 31.9 Å². The third kappa shape index (κ3) is 4.52. The van der Waals surface area contributed by atoms with Crippen molar-refractivity contribution in [1.29, 1.82) is 0 Å². The predicted molar refractivity (Wildman–Crippen MR) is 99.1 cm³/mol. The Morgan fingerprint density at radius 1 is 1.17 bits per heavy atom. The van der Waals surface area contributed by atoms with Crippen molar-refractivity contribution in [3.63, 3.8) is 0 Å². The standard InChI is InChI=1S/C19H14ClF2N3O4/c20-12-6-5-10(21)7-11(12)14(9-18(27)28)23-19(29)15-8-17(26)25(24-15)16-4-2-1-3-13(16)22/h1-8,14,26H,9H2,(H,23,29)(H,27,28). The van der Waals surface area contributed by atoms with Crippen LogP contribution in [0.1, 0.15) is 28.5 Å². The Hall–Kier alpha value is -3.46. The first kappa shape index (κ1) is 20.3. The minimum Gasteiger partial charge on any atom is -0.493 e. The van der Waals surface area contributed by atoms with Crippen LogP contribution in [0.25, 0.3) is 5.69 Å². The molecule has 0 aliphatic carbocycles. The van der Waals surface area contributed by atoms with Crippen LogP contribution in [0.15, 0.2) is 48.5 Å². The fourth-order valence-corrected chi connectivity index (χ4v) is 2.96. The molecule has 1 heterocycles. The Kier molecular flexibility index (Phi) is 5.79. The van der Waals surface area contributed by atoms with Crippen molar-refractivity contribution in [1.82, 2.24) is 15.1 Å². The van der Waals surface area contributed by atoms with Gasteiger partial charge in [0.15, 0.2) is 5.69 Å². The molecule has 150 valence electrons. The van der Waals surface area contributed by atoms with Gasteiger partial charge in [-0.15, -0.1) is 0 Å². The molecule has 0 fully saturated rings. The van der Waals surface area contributed by atoms with E-state index in [2.05, 4.69) is 10.4 Å². The Morgan fingerprint density at radius 3 is 2.59 bits per heavy atom. The van der Waals surface area contributed by atoms with Crippen LogP contribution in [0, 0.1) is 11.6 Å². The normalized spacial score (nSPS) is 11.8. The molecule has 0 radical (unpaired) electrons. The van der Waals surface area contributed by atoms with E-state index in [0.29, 0.717) is 0 Å². The summed E-state index contributed by atoms with van der Waals surface area (Å²) in [5, 5.41) is 25.5. The number of rotatable bonds is 6. The monoisotopic (exact) mass is 421 g/mol. The van der Waals surface area contributed by atoms with E-state index in [1.165, 1.54) is 24.3 Å². The quantitative estimate of drug-likeness (QED) is 0.565. The van der Waals surface area contributed by atoms with E-state index in [9.17, 15) is 23.5 Å². The summed E-state index contributed by atoms with van der Waals surface area (Å²) < 4.78 is 28.3. The molecule has 3 rings (SSSR count). The van der Waals surface area contributed by atoms with Gasteiger partial charge in [0.1, 0.15) is 17.3 Å². The van der Waals surface area contributed by atoms with Gasteiger partial charge in [0.05, 0.1) is 12.5 Å². The molecule has 1 amide bonds. The van der Waals surface area contributed by atoms with Crippen LogP contribution in [0.2, 0.25) is 5.02 Å². The van der Waals surface area contributed by atoms with Crippen LogP contribution < -0.4 is 5.32 Å². The van der Waals surface area contributed by atoms with Crippen LogP contribution in [0.4, 0.5) is 8.78 Å². The number of aromatic nitrogens is 2. The van der Waals surface area contributed by atoms with E-state index in [1.54, 1.807) is 0 Å². The van der Waals surface area contributed by atoms with Crippen LogP contribution >= 0.6 is 11.6 Å². The number of para-hydroxylation sites is 1. The lowest BCUT2D eigenvalue weighted by Gasteiger charge is -2.18. The highest BCUT2D eigenvalue weighted by Crippen LogP contribution is 2.27. The lowest BCUT2D eigenvalue weighted by molar-refractivity contribution is -0.137. The molecule has 0 aliphatic rings. The van der Waals surface area contributed by atoms with E-state index >= 15 is 0 Å². The summed E-state index contributed by atoms with van der Waals surface area (Å²) in [5.74, 6) is -3.94. The minimum absolute atomic E-state index is 0.0673. The van der Waals surface area contributed by atoms with E-state index in [-0.39, 0.29) is 22.0 Å². The number of aromatic hydroxyl groups is 1. The highest BCUT2D eigenvalue weighted by Gasteiger charge is 2.24. The maximum absolute atomic E-state index is 13.9. The summed E-state index contributed by atoms with van der Waals surface area (Å²) in [6.07, 6.45) is -0.574. The lowest BCUT2D eigenvalue weighted by Crippen LogP contribution is -2.31. The average Bonchev–Trinajstić information content (AvgIpc) is 3.05. The van der Waals surface area contributed by atoms with Crippen molar-refractivity contribution in [2.24, 2.45) is 0 Å². The summed E-state index contributed by atoms with van der Waals surface area (Å²) in [7, 11) is 0. The zero-order chi connectivity index (χ0) is 21.1. The third-order valence-corrected chi connectivity index (χ3v) is 4.37. The van der Waals surface area contributed by atoms with Gasteiger partial charge >= 0.3 is 5.97 Å². The second-order valence-electron chi connectivity index (χ2n) is 6.04. The van der Waals surface area contributed by atoms with Crippen molar-refractivity contribution in [3.05, 3.63) is 76.4 Å². The largest absolute Gasteiger partial charge is 0.493 e. The Labute approximate surface area is 168 Å². The minimum atomic E-state index is -1.25. The van der Waals surface area contributed by atoms with E-state index in [1.807, 2.05) is 0 Å². The van der Waals surface area contributed by atoms with Gasteiger partial charge in [-0.25, -0.2) is 8.78 Å². The smallest absolute Gasteiger partial charge is 0.305 e. The van der Waals surface area contributed by atoms with Crippen LogP contribution in [0.5, 0.6) is 5.88 Å². The van der Waals surface area contributed by atoms with Crippen molar-refractivity contribution in [2.45, 2.75) is 12.5 Å². The molecule has 10 heteroatoms. The molecule has 0 bridgehead atoms. The molecule has 3 aromatic rings. The number of carboxylic acids is 1. The number of nitrogens with one attached hydrogen (secondary N) is 1. The van der Waals surface area contributed by atoms with Gasteiger partial charge in [-0.2, -0.15) is 9.78 Å². The van der Waals surface area contributed by atoms with E-state index in [0.717, 1.165) is 28.9 Å². The van der Waals surface area contributed by atoms with Gasteiger partial charge < -0.3 is 15.5 Å². The summed E-state index contributed by atoms with van der Waals surface area (Å²) >= 11 is 6.02. The maximum atomic E-state index is 13.9. The second kappa shape index (κ2) is 8.27. The molecule has 0 aliphatic heterocycles. The zero-order valence-corrected chi connectivity index (χ0v) is 15.4. The van der Waals surface area contributed by atoms with Gasteiger partial charge in [-0.1, -0.05) is 23.7 Å². The summed E-state index contributed by atoms with van der Waals surface area (Å²) in [6.45, 7) is 0. The third-order valence-electron chi connectivity index (χ3n) is 4.02. The molecular formula is C19H14ClF2N3O4. The first-order valence-electron chi connectivity index (χ1n) is 8.28. The number of benzene rings is 2. The predicted octanol–water partition coefficient (Wildman–Crippen LogP) is 3.46. The molecule has 0 spiro atoms. The Balaban J connectivity index is 1.91. The summed E-state index contributed by atoms with van der Waals surface area (Å²) in [4.78, 5) is 23.8. The fraction of sp³-hybridized carbons (Fsp3) is 0.105. The van der Waals surface area contributed by atoms with Gasteiger partial charge in [-0.05, 0) is 35.9 Å². The van der Waals surface area contributed by atoms with E-state index < -0.39 is 41.9 Å². The number of hydrogen-bond donors (Lipinski definition) is 3. The van der Waals surface area contributed by atoms with Crippen molar-refractivity contribution < 1.29 is 28.6 Å². The molecule has 1 unspecified atom stereocenters. The van der Waals surface area contributed by atoms with Crippen LogP contribution in [0.3, 0.4) is 0 Å². The molecule has 1 aromatic heterocycles. The van der Waals surface area contributed by atoms with Crippen molar-refractivity contribution in [2.75, 3.05) is 0 Å². The highest BCUT2D eigenvalue weighted by atomic mass is 35.5. The second-order valence-corrected chi connectivity index (χ2v) is 6.45. The molecule has 29 heavy (non-hydrogen) atoms. The molecule has 2 aromatic carbocycles. The highest BCUT2D eigenvalue weighted by molar-refractivity contribution is 6.31. The molecule has 3 N–H and O–H groups in total. The average molecular weight is 422 g/mol. The number of nitrogens with zero attached hydrogens (tertiary/aromatic N) is 2. The zero-order valence-electron chi connectivity index (χ0n) is 14.6. The van der Waals surface area contributed by atoms with Gasteiger partial charge in [-0.3, -0.25) is 9.59 Å². The number of aliphatic carboxylic acids is 1.